The number of imidazole rings is 1. The van der Waals surface area contributed by atoms with Crippen LogP contribution >= 0.6 is 12.2 Å². The van der Waals surface area contributed by atoms with Crippen LogP contribution in [0.2, 0.25) is 0 Å². The molecule has 0 aromatic carbocycles. The minimum absolute atomic E-state index is 0.0493. The first kappa shape index (κ1) is 14.1. The zero-order chi connectivity index (χ0) is 13.1. The minimum Gasteiger partial charge on any atom is -0.392 e. The summed E-state index contributed by atoms with van der Waals surface area (Å²) in [6, 6.07) is -0.396. The molecule has 17 heavy (non-hydrogen) atoms. The molecule has 0 saturated carbocycles. The SMILES string of the molecule is CCC(NS(=O)(=O)C(C)C(N)=S)c1ncc[nH]1. The quantitative estimate of drug-likeness (QED) is 0.655. The number of aromatic amines is 1. The van der Waals surface area contributed by atoms with Gasteiger partial charge in [-0.2, -0.15) is 0 Å². The van der Waals surface area contributed by atoms with Crippen molar-refractivity contribution in [1.82, 2.24) is 14.7 Å². The first-order chi connectivity index (χ1) is 7.88. The van der Waals surface area contributed by atoms with Gasteiger partial charge in [0.25, 0.3) is 0 Å². The Balaban J connectivity index is 2.86. The van der Waals surface area contributed by atoms with Crippen LogP contribution in [0, 0.1) is 0 Å². The Morgan fingerprint density at radius 3 is 2.76 bits per heavy atom. The first-order valence-corrected chi connectivity index (χ1v) is 7.13. The average molecular weight is 276 g/mol. The van der Waals surface area contributed by atoms with Crippen LogP contribution in [0.5, 0.6) is 0 Å². The summed E-state index contributed by atoms with van der Waals surface area (Å²) in [6.07, 6.45) is 3.80. The first-order valence-electron chi connectivity index (χ1n) is 5.18. The molecule has 0 amide bonds. The molecular formula is C9H16N4O2S2. The number of H-pyrrole nitrogens is 1. The van der Waals surface area contributed by atoms with Gasteiger partial charge in [-0.1, -0.05) is 19.1 Å². The number of nitrogens with zero attached hydrogens (tertiary/aromatic N) is 1. The van der Waals surface area contributed by atoms with E-state index < -0.39 is 21.3 Å². The Hall–Kier alpha value is -0.990. The van der Waals surface area contributed by atoms with Crippen LogP contribution in [0.15, 0.2) is 12.4 Å². The van der Waals surface area contributed by atoms with E-state index in [-0.39, 0.29) is 4.99 Å². The molecule has 4 N–H and O–H groups in total. The van der Waals surface area contributed by atoms with Crippen molar-refractivity contribution in [3.8, 4) is 0 Å². The Kier molecular flexibility index (Phi) is 4.61. The molecule has 1 aromatic rings. The van der Waals surface area contributed by atoms with Gasteiger partial charge in [0.1, 0.15) is 11.1 Å². The molecule has 0 fully saturated rings. The van der Waals surface area contributed by atoms with E-state index in [9.17, 15) is 8.42 Å². The van der Waals surface area contributed by atoms with E-state index in [1.165, 1.54) is 6.92 Å². The van der Waals surface area contributed by atoms with Gasteiger partial charge < -0.3 is 10.7 Å². The third kappa shape index (κ3) is 3.48. The summed E-state index contributed by atoms with van der Waals surface area (Å²) in [5.74, 6) is 0.575. The largest absolute Gasteiger partial charge is 0.392 e. The summed E-state index contributed by atoms with van der Waals surface area (Å²) < 4.78 is 26.4. The number of aromatic nitrogens is 2. The Morgan fingerprint density at radius 1 is 1.71 bits per heavy atom. The molecule has 0 bridgehead atoms. The van der Waals surface area contributed by atoms with Crippen molar-refractivity contribution in [3.05, 3.63) is 18.2 Å². The fraction of sp³-hybridized carbons (Fsp3) is 0.556. The number of rotatable bonds is 6. The highest BCUT2D eigenvalue weighted by atomic mass is 32.2. The van der Waals surface area contributed by atoms with E-state index in [2.05, 4.69) is 14.7 Å². The van der Waals surface area contributed by atoms with Gasteiger partial charge in [-0.05, 0) is 13.3 Å². The van der Waals surface area contributed by atoms with Crippen LogP contribution in [0.1, 0.15) is 32.1 Å². The number of hydrogen-bond acceptors (Lipinski definition) is 4. The van der Waals surface area contributed by atoms with Crippen molar-refractivity contribution in [2.75, 3.05) is 0 Å². The van der Waals surface area contributed by atoms with Crippen LogP contribution in [0.4, 0.5) is 0 Å². The number of thiocarbonyl (C=S) groups is 1. The van der Waals surface area contributed by atoms with Gasteiger partial charge in [0.2, 0.25) is 10.0 Å². The standard InChI is InChI=1S/C9H16N4O2S2/c1-3-7(9-11-4-5-12-9)13-17(14,15)6(2)8(10)16/h4-7,13H,3H2,1-2H3,(H2,10,16)(H,11,12). The number of nitrogens with two attached hydrogens (primary N) is 1. The van der Waals surface area contributed by atoms with E-state index in [1.807, 2.05) is 6.92 Å². The lowest BCUT2D eigenvalue weighted by Gasteiger charge is -2.18. The molecule has 0 aliphatic rings. The van der Waals surface area contributed by atoms with Gasteiger partial charge in [-0.15, -0.1) is 0 Å². The lowest BCUT2D eigenvalue weighted by atomic mass is 10.2. The molecule has 8 heteroatoms. The molecule has 0 saturated heterocycles. The van der Waals surface area contributed by atoms with Gasteiger partial charge in [0.15, 0.2) is 0 Å². The topological polar surface area (TPSA) is 101 Å². The van der Waals surface area contributed by atoms with Crippen molar-refractivity contribution in [2.45, 2.75) is 31.6 Å². The molecule has 0 radical (unpaired) electrons. The zero-order valence-electron chi connectivity index (χ0n) is 9.67. The van der Waals surface area contributed by atoms with Gasteiger partial charge in [0.05, 0.1) is 11.0 Å². The average Bonchev–Trinajstić information content (AvgIpc) is 2.78. The predicted octanol–water partition coefficient (Wildman–Crippen LogP) is 0.455. The molecule has 96 valence electrons. The summed E-state index contributed by atoms with van der Waals surface area (Å²) in [7, 11) is -3.57. The maximum Gasteiger partial charge on any atom is 0.221 e. The van der Waals surface area contributed by atoms with Gasteiger partial charge in [-0.3, -0.25) is 0 Å². The molecule has 2 unspecified atom stereocenters. The molecule has 6 nitrogen and oxygen atoms in total. The summed E-state index contributed by atoms with van der Waals surface area (Å²) in [5, 5.41) is -0.901. The molecule has 1 heterocycles. The molecule has 0 aliphatic carbocycles. The smallest absolute Gasteiger partial charge is 0.221 e. The lowest BCUT2D eigenvalue weighted by Crippen LogP contribution is -2.41. The van der Waals surface area contributed by atoms with Crippen molar-refractivity contribution in [1.29, 1.82) is 0 Å². The Bertz CT molecular complexity index is 469. The van der Waals surface area contributed by atoms with Crippen molar-refractivity contribution >= 4 is 27.2 Å². The van der Waals surface area contributed by atoms with Crippen molar-refractivity contribution < 1.29 is 8.42 Å². The zero-order valence-corrected chi connectivity index (χ0v) is 11.3. The fourth-order valence-corrected chi connectivity index (χ4v) is 2.82. The van der Waals surface area contributed by atoms with Gasteiger partial charge in [0, 0.05) is 12.4 Å². The Morgan fingerprint density at radius 2 is 2.35 bits per heavy atom. The lowest BCUT2D eigenvalue weighted by molar-refractivity contribution is 0.537. The molecule has 2 atom stereocenters. The van der Waals surface area contributed by atoms with Gasteiger partial charge in [-0.25, -0.2) is 18.1 Å². The third-order valence-corrected chi connectivity index (χ3v) is 4.73. The van der Waals surface area contributed by atoms with Crippen LogP contribution in [0.3, 0.4) is 0 Å². The normalized spacial score (nSPS) is 15.4. The fourth-order valence-electron chi connectivity index (χ4n) is 1.25. The highest BCUT2D eigenvalue weighted by Crippen LogP contribution is 2.14. The van der Waals surface area contributed by atoms with E-state index in [0.717, 1.165) is 0 Å². The van der Waals surface area contributed by atoms with Crippen LogP contribution in [-0.2, 0) is 10.0 Å². The monoisotopic (exact) mass is 276 g/mol. The number of nitrogens with one attached hydrogen (secondary N) is 2. The van der Waals surface area contributed by atoms with Crippen molar-refractivity contribution in [2.24, 2.45) is 5.73 Å². The van der Waals surface area contributed by atoms with Gasteiger partial charge >= 0.3 is 0 Å². The van der Waals surface area contributed by atoms with E-state index >= 15 is 0 Å². The minimum atomic E-state index is -3.57. The second-order valence-electron chi connectivity index (χ2n) is 3.64. The highest BCUT2D eigenvalue weighted by molar-refractivity contribution is 7.93. The number of sulfonamides is 1. The summed E-state index contributed by atoms with van der Waals surface area (Å²) in [5.41, 5.74) is 5.35. The molecule has 1 aromatic heterocycles. The molecule has 0 spiro atoms. The molecule has 1 rings (SSSR count). The summed E-state index contributed by atoms with van der Waals surface area (Å²) in [4.78, 5) is 6.86. The van der Waals surface area contributed by atoms with Crippen LogP contribution in [-0.4, -0.2) is 28.6 Å². The van der Waals surface area contributed by atoms with Crippen molar-refractivity contribution in [3.63, 3.8) is 0 Å². The predicted molar refractivity (Wildman–Crippen MR) is 69.9 cm³/mol. The Labute approximate surface area is 106 Å². The van der Waals surface area contributed by atoms with Crippen LogP contribution in [0.25, 0.3) is 0 Å². The van der Waals surface area contributed by atoms with E-state index in [0.29, 0.717) is 12.2 Å². The molecular weight excluding hydrogens is 260 g/mol. The molecule has 0 aliphatic heterocycles. The maximum absolute atomic E-state index is 11.9. The van der Waals surface area contributed by atoms with E-state index in [4.69, 9.17) is 18.0 Å². The number of hydrogen-bond donors (Lipinski definition) is 3. The second-order valence-corrected chi connectivity index (χ2v) is 6.15. The summed E-state index contributed by atoms with van der Waals surface area (Å²) in [6.45, 7) is 3.32. The highest BCUT2D eigenvalue weighted by Gasteiger charge is 2.27. The van der Waals surface area contributed by atoms with E-state index in [1.54, 1.807) is 12.4 Å². The maximum atomic E-state index is 11.9. The third-order valence-electron chi connectivity index (χ3n) is 2.43. The van der Waals surface area contributed by atoms with Crippen LogP contribution < -0.4 is 10.5 Å². The second kappa shape index (κ2) is 5.56. The summed E-state index contributed by atoms with van der Waals surface area (Å²) >= 11 is 4.69.